The molecule has 0 unspecified atom stereocenters. The number of benzene rings is 3. The number of methoxy groups -OCH3 is 2. The van der Waals surface area contributed by atoms with Crippen LogP contribution in [0.2, 0.25) is 15.5 Å². The summed E-state index contributed by atoms with van der Waals surface area (Å²) in [5, 5.41) is 32.6. The lowest BCUT2D eigenvalue weighted by atomic mass is 9.90. The lowest BCUT2D eigenvalue weighted by Crippen LogP contribution is -2.55. The number of carbonyl (C=O) groups excluding carboxylic acids is 6. The van der Waals surface area contributed by atoms with Gasteiger partial charge in [-0.1, -0.05) is 89.4 Å². The van der Waals surface area contributed by atoms with Gasteiger partial charge in [0.15, 0.2) is 0 Å². The Balaban J connectivity index is 0.000000191. The maximum Gasteiger partial charge on any atom is 0.430 e. The molecule has 3 aliphatic heterocycles. The maximum atomic E-state index is 14.1. The number of likely N-dealkylation sites (N-methyl/N-ethyl adjacent to an activating group) is 3. The van der Waals surface area contributed by atoms with Crippen molar-refractivity contribution in [2.75, 3.05) is 151 Å². The van der Waals surface area contributed by atoms with E-state index in [1.54, 1.807) is 72.6 Å². The van der Waals surface area contributed by atoms with Gasteiger partial charge in [-0.15, -0.1) is 0 Å². The molecule has 35 heteroatoms. The predicted molar refractivity (Wildman–Crippen MR) is 440 cm³/mol. The standard InChI is InChI=1S/2C29H36ClF3N4O4.C28H34ClF3N4O3/c2*1-35(2)26(38)23-8-9-24(34-25(23)30)37-12-10-18(11-13-37)14-19-15-20(19)17-36(3)27(39)28(40,29(31,32)33)21-6-5-7-22(16-21)41-4;1-34(2)25(37)22-9-10-23(33-24(22)29)36-13-11-18(12-14-36)15-19-16-20(19)17-35(3)26(38)27(39,28(30,31)32)21-7-5-4-6-8-21/h2*5-9,16,18-20,40H,10-15,17H2,1-4H3;4-10,18-20,39H,11-17H2,1-3H3/t19-,20-,28+;19-,20-,28-;19-,20+,27-/m001/s1. The number of rotatable bonds is 26. The van der Waals surface area contributed by atoms with Crippen LogP contribution in [0.15, 0.2) is 115 Å². The van der Waals surface area contributed by atoms with E-state index in [1.807, 2.05) is 6.07 Å². The molecule has 6 aromatic rings. The summed E-state index contributed by atoms with van der Waals surface area (Å²) < 4.78 is 136. The molecule has 9 atom stereocenters. The molecule has 3 aliphatic carbocycles. The van der Waals surface area contributed by atoms with Gasteiger partial charge < -0.3 is 68.9 Å². The number of ether oxygens (including phenoxy) is 2. The number of amides is 6. The first-order valence-corrected chi connectivity index (χ1v) is 41.4. The SMILES string of the molecule is CN(C)C(=O)c1ccc(N2CCC(C[C@@H]3C[C@H]3CN(C)C(=O)[C@](O)(c3ccccc3)C(F)(F)F)CC2)nc1Cl.COc1cccc([C@@](O)(C(=O)N(C)C[C@@H]2C[C@@H]2CC2CCN(c3ccc(C(=O)N(C)C)c(Cl)n3)CC2)C(F)(F)F)c1.COc1cccc([C@](O)(C(=O)N(C)C[C@@H]2C[C@@H]2CC2CCN(c3ccc(C(=O)N(C)C)c(Cl)n3)CC2)C(F)(F)F)c1. The number of nitrogens with zero attached hydrogens (tertiary/aromatic N) is 12. The number of halogens is 12. The fraction of sp³-hybridized carbons (Fsp3) is 0.547. The van der Waals surface area contributed by atoms with Crippen LogP contribution < -0.4 is 24.2 Å². The lowest BCUT2D eigenvalue weighted by molar-refractivity contribution is -0.262. The summed E-state index contributed by atoms with van der Waals surface area (Å²) in [6.07, 6.45) is -4.61. The predicted octanol–water partition coefficient (Wildman–Crippen LogP) is 13.8. The van der Waals surface area contributed by atoms with Crippen LogP contribution in [0.3, 0.4) is 0 Å². The summed E-state index contributed by atoms with van der Waals surface area (Å²) >= 11 is 18.8. The summed E-state index contributed by atoms with van der Waals surface area (Å²) in [7, 11) is 16.5. The molecule has 3 saturated heterocycles. The third-order valence-electron chi connectivity index (χ3n) is 24.2. The average molecular weight is 1760 g/mol. The van der Waals surface area contributed by atoms with E-state index in [4.69, 9.17) is 44.3 Å². The number of alkyl halides is 9. The zero-order valence-electron chi connectivity index (χ0n) is 69.5. The highest BCUT2D eigenvalue weighted by atomic mass is 35.5. The van der Waals surface area contributed by atoms with Crippen molar-refractivity contribution < 1.29 is 93.1 Å². The van der Waals surface area contributed by atoms with E-state index < -0.39 is 69.7 Å². The molecule has 3 aromatic heterocycles. The summed E-state index contributed by atoms with van der Waals surface area (Å²) in [6.45, 7) is 5.17. The number of hydrogen-bond donors (Lipinski definition) is 3. The Morgan fingerprint density at radius 1 is 0.380 bits per heavy atom. The fourth-order valence-corrected chi connectivity index (χ4v) is 17.4. The van der Waals surface area contributed by atoms with Crippen molar-refractivity contribution in [3.8, 4) is 11.5 Å². The lowest BCUT2D eigenvalue weighted by Gasteiger charge is -2.34. The fourth-order valence-electron chi connectivity index (χ4n) is 16.7. The Hall–Kier alpha value is -8.95. The Bertz CT molecular complexity index is 4440. The third-order valence-corrected chi connectivity index (χ3v) is 25.1. The van der Waals surface area contributed by atoms with Crippen LogP contribution in [0.1, 0.15) is 125 Å². The zero-order valence-corrected chi connectivity index (χ0v) is 71.8. The van der Waals surface area contributed by atoms with Crippen LogP contribution in [0.4, 0.5) is 57.0 Å². The molecule has 6 fully saturated rings. The Morgan fingerprint density at radius 2 is 0.636 bits per heavy atom. The van der Waals surface area contributed by atoms with Crippen LogP contribution in [0.25, 0.3) is 0 Å². The molecule has 6 aliphatic rings. The average Bonchev–Trinajstić information content (AvgIpc) is 0.960. The molecule has 0 spiro atoms. The molecule has 0 bridgehead atoms. The van der Waals surface area contributed by atoms with Crippen LogP contribution in [-0.4, -0.2) is 250 Å². The molecule has 23 nitrogen and oxygen atoms in total. The highest BCUT2D eigenvalue weighted by Crippen LogP contribution is 2.51. The number of aliphatic hydroxyl groups is 3. The van der Waals surface area contributed by atoms with Crippen molar-refractivity contribution >= 4 is 87.7 Å². The van der Waals surface area contributed by atoms with Gasteiger partial charge in [0.2, 0.25) is 0 Å². The van der Waals surface area contributed by atoms with Gasteiger partial charge in [-0.2, -0.15) is 39.5 Å². The van der Waals surface area contributed by atoms with Gasteiger partial charge in [0.25, 0.3) is 52.2 Å². The molecule has 6 heterocycles. The Morgan fingerprint density at radius 3 is 0.876 bits per heavy atom. The van der Waals surface area contributed by atoms with Gasteiger partial charge in [0, 0.05) is 139 Å². The topological polar surface area (TPSA) is 249 Å². The normalized spacial score (nSPS) is 20.9. The van der Waals surface area contributed by atoms with E-state index in [9.17, 15) is 83.6 Å². The first-order valence-electron chi connectivity index (χ1n) is 40.2. The largest absolute Gasteiger partial charge is 0.497 e. The number of anilines is 3. The van der Waals surface area contributed by atoms with Crippen molar-refractivity contribution in [2.45, 2.75) is 112 Å². The zero-order chi connectivity index (χ0) is 88.8. The summed E-state index contributed by atoms with van der Waals surface area (Å²) in [5.74, 6) is 0.298. The third kappa shape index (κ3) is 22.0. The van der Waals surface area contributed by atoms with Crippen molar-refractivity contribution in [2.24, 2.45) is 53.3 Å². The Labute approximate surface area is 714 Å². The van der Waals surface area contributed by atoms with Gasteiger partial charge in [-0.3, -0.25) is 28.8 Å². The number of hydrogen-bond acceptors (Lipinski definition) is 17. The van der Waals surface area contributed by atoms with Gasteiger partial charge >= 0.3 is 18.5 Å². The number of aromatic nitrogens is 3. The molecule has 6 amide bonds. The van der Waals surface area contributed by atoms with Crippen LogP contribution >= 0.6 is 34.8 Å². The number of carbonyl (C=O) groups is 6. The van der Waals surface area contributed by atoms with E-state index in [0.717, 1.165) is 185 Å². The molecule has 12 rings (SSSR count). The molecular weight excluding hydrogens is 1650 g/mol. The van der Waals surface area contributed by atoms with Gasteiger partial charge in [-0.25, -0.2) is 15.0 Å². The van der Waals surface area contributed by atoms with E-state index in [0.29, 0.717) is 52.2 Å². The van der Waals surface area contributed by atoms with Crippen LogP contribution in [0.5, 0.6) is 11.5 Å². The first kappa shape index (κ1) is 94.3. The smallest absolute Gasteiger partial charge is 0.430 e. The van der Waals surface area contributed by atoms with E-state index in [-0.39, 0.29) is 82.1 Å². The van der Waals surface area contributed by atoms with Gasteiger partial charge in [-0.05, 0) is 191 Å². The van der Waals surface area contributed by atoms with Crippen molar-refractivity contribution in [1.82, 2.24) is 44.4 Å². The molecule has 3 saturated carbocycles. The van der Waals surface area contributed by atoms with Gasteiger partial charge in [0.05, 0.1) is 30.9 Å². The monoisotopic (exact) mass is 1760 g/mol. The van der Waals surface area contributed by atoms with Gasteiger partial charge in [0.1, 0.15) is 44.4 Å². The minimum atomic E-state index is -5.21. The molecule has 3 aromatic carbocycles. The molecule has 121 heavy (non-hydrogen) atoms. The number of pyridine rings is 3. The van der Waals surface area contributed by atoms with E-state index >= 15 is 0 Å². The van der Waals surface area contributed by atoms with E-state index in [2.05, 4.69) is 29.7 Å². The number of piperidine rings is 3. The molecular formula is C86H106Cl3F9N12O11. The molecule has 660 valence electrons. The minimum absolute atomic E-state index is 0.0898. The summed E-state index contributed by atoms with van der Waals surface area (Å²) in [6, 6.07) is 26.8. The summed E-state index contributed by atoms with van der Waals surface area (Å²) in [5.41, 5.74) is -11.5. The van der Waals surface area contributed by atoms with Crippen molar-refractivity contribution in [1.29, 1.82) is 0 Å². The molecule has 0 radical (unpaired) electrons. The van der Waals surface area contributed by atoms with Crippen molar-refractivity contribution in [3.05, 3.63) is 164 Å². The van der Waals surface area contributed by atoms with Crippen LogP contribution in [0, 0.1) is 53.3 Å². The maximum absolute atomic E-state index is 14.1. The highest BCUT2D eigenvalue weighted by molar-refractivity contribution is 6.33. The van der Waals surface area contributed by atoms with E-state index in [1.165, 1.54) is 92.5 Å². The second-order valence-corrected chi connectivity index (χ2v) is 34.5. The Kier molecular flexibility index (Phi) is 30.3. The minimum Gasteiger partial charge on any atom is -0.497 e. The second-order valence-electron chi connectivity index (χ2n) is 33.4. The van der Waals surface area contributed by atoms with Crippen molar-refractivity contribution in [3.63, 3.8) is 0 Å². The first-order chi connectivity index (χ1) is 56.8. The second kappa shape index (κ2) is 38.9. The van der Waals surface area contributed by atoms with Crippen LogP contribution in [-0.2, 0) is 31.2 Å². The quantitative estimate of drug-likeness (QED) is 0.0337. The molecule has 3 N–H and O–H groups in total. The highest BCUT2D eigenvalue weighted by Gasteiger charge is 2.65. The summed E-state index contributed by atoms with van der Waals surface area (Å²) in [4.78, 5) is 103.